The molecule has 0 saturated carbocycles. The number of rotatable bonds is 18. The highest BCUT2D eigenvalue weighted by atomic mass is 15.3. The molecule has 0 aromatic heterocycles. The van der Waals surface area contributed by atoms with Gasteiger partial charge in [0.1, 0.15) is 0 Å². The summed E-state index contributed by atoms with van der Waals surface area (Å²) in [5, 5.41) is 0. The fourth-order valence-corrected chi connectivity index (χ4v) is 3.63. The zero-order chi connectivity index (χ0) is 17.2. The van der Waals surface area contributed by atoms with Gasteiger partial charge in [0.2, 0.25) is 0 Å². The summed E-state index contributed by atoms with van der Waals surface area (Å²) < 4.78 is 1.22. The Hall–Kier alpha value is -0.0400. The molecule has 0 heterocycles. The van der Waals surface area contributed by atoms with Crippen LogP contribution in [0, 0.1) is 0 Å². The van der Waals surface area contributed by atoms with Crippen molar-refractivity contribution in [3.05, 3.63) is 0 Å². The van der Waals surface area contributed by atoms with Gasteiger partial charge in [0.25, 0.3) is 0 Å². The van der Waals surface area contributed by atoms with Gasteiger partial charge in [0.15, 0.2) is 0 Å². The lowest BCUT2D eigenvalue weighted by Gasteiger charge is -2.29. The van der Waals surface area contributed by atoms with Crippen molar-refractivity contribution in [3.63, 3.8) is 0 Å². The second-order valence-electron chi connectivity index (χ2n) is 8.33. The third-order valence-electron chi connectivity index (χ3n) is 5.20. The van der Waals surface area contributed by atoms with Crippen LogP contribution in [-0.4, -0.2) is 31.7 Å². The van der Waals surface area contributed by atoms with Gasteiger partial charge < -0.3 is 4.48 Å². The smallest absolute Gasteiger partial charge is 0.0782 e. The lowest BCUT2D eigenvalue weighted by Crippen LogP contribution is -2.40. The number of hydrogen-bond donors (Lipinski definition) is 0. The fraction of sp³-hybridized carbons (Fsp3) is 1.00. The van der Waals surface area contributed by atoms with Gasteiger partial charge >= 0.3 is 0 Å². The molecule has 140 valence electrons. The van der Waals surface area contributed by atoms with Crippen LogP contribution in [0.15, 0.2) is 0 Å². The van der Waals surface area contributed by atoms with E-state index in [1.54, 1.807) is 0 Å². The predicted molar refractivity (Wildman–Crippen MR) is 107 cm³/mol. The molecule has 0 aliphatic heterocycles. The summed E-state index contributed by atoms with van der Waals surface area (Å²) >= 11 is 0. The van der Waals surface area contributed by atoms with E-state index < -0.39 is 0 Å². The number of unbranched alkanes of at least 4 members (excludes halogenated alkanes) is 14. The van der Waals surface area contributed by atoms with Gasteiger partial charge in [0, 0.05) is 0 Å². The predicted octanol–water partition coefficient (Wildman–Crippen LogP) is 7.34. The Morgan fingerprint density at radius 3 is 1.09 bits per heavy atom. The highest BCUT2D eigenvalue weighted by molar-refractivity contribution is 4.49. The third-order valence-corrected chi connectivity index (χ3v) is 5.20. The highest BCUT2D eigenvalue weighted by Gasteiger charge is 2.11. The van der Waals surface area contributed by atoms with E-state index in [2.05, 4.69) is 27.9 Å². The van der Waals surface area contributed by atoms with E-state index in [0.29, 0.717) is 0 Å². The molecule has 0 N–H and O–H groups in total. The van der Waals surface area contributed by atoms with Crippen molar-refractivity contribution in [1.82, 2.24) is 0 Å². The highest BCUT2D eigenvalue weighted by Crippen LogP contribution is 2.13. The van der Waals surface area contributed by atoms with Crippen molar-refractivity contribution in [1.29, 1.82) is 0 Å². The minimum Gasteiger partial charge on any atom is -0.328 e. The minimum absolute atomic E-state index is 1.22. The average molecular weight is 327 g/mol. The molecule has 1 nitrogen and oxygen atoms in total. The first-order valence-electron chi connectivity index (χ1n) is 10.9. The molecule has 0 aromatic carbocycles. The Morgan fingerprint density at radius 1 is 0.391 bits per heavy atom. The molecule has 0 amide bonds. The van der Waals surface area contributed by atoms with Crippen LogP contribution >= 0.6 is 0 Å². The maximum absolute atomic E-state index is 2.38. The van der Waals surface area contributed by atoms with Gasteiger partial charge in [-0.1, -0.05) is 97.3 Å². The van der Waals surface area contributed by atoms with Crippen molar-refractivity contribution in [2.24, 2.45) is 0 Å². The monoisotopic (exact) mass is 326 g/mol. The summed E-state index contributed by atoms with van der Waals surface area (Å²) in [6, 6.07) is 0. The first-order chi connectivity index (χ1) is 11.1. The standard InChI is InChI=1S/C22H48N/c1-5-7-8-9-10-11-12-13-14-15-16-17-18-19-20-22-23(3,4)21-6-2/h5-22H2,1-4H3/q+1. The molecule has 0 radical (unpaired) electrons. The summed E-state index contributed by atoms with van der Waals surface area (Å²) in [7, 11) is 4.76. The van der Waals surface area contributed by atoms with Gasteiger partial charge in [-0.05, 0) is 19.3 Å². The van der Waals surface area contributed by atoms with Crippen LogP contribution in [0.5, 0.6) is 0 Å². The fourth-order valence-electron chi connectivity index (χ4n) is 3.63. The van der Waals surface area contributed by atoms with Crippen molar-refractivity contribution < 1.29 is 4.48 Å². The second kappa shape index (κ2) is 16.8. The van der Waals surface area contributed by atoms with Crippen molar-refractivity contribution in [3.8, 4) is 0 Å². The Morgan fingerprint density at radius 2 is 0.739 bits per heavy atom. The summed E-state index contributed by atoms with van der Waals surface area (Å²) in [4.78, 5) is 0. The molecule has 23 heavy (non-hydrogen) atoms. The normalized spacial score (nSPS) is 12.0. The second-order valence-corrected chi connectivity index (χ2v) is 8.33. The van der Waals surface area contributed by atoms with Crippen LogP contribution in [0.25, 0.3) is 0 Å². The van der Waals surface area contributed by atoms with Crippen LogP contribution in [0.1, 0.15) is 117 Å². The molecule has 0 bridgehead atoms. The van der Waals surface area contributed by atoms with E-state index in [0.717, 1.165) is 0 Å². The van der Waals surface area contributed by atoms with Gasteiger partial charge in [0.05, 0.1) is 27.2 Å². The maximum Gasteiger partial charge on any atom is 0.0782 e. The summed E-state index contributed by atoms with van der Waals surface area (Å²) in [5.74, 6) is 0. The maximum atomic E-state index is 2.38. The van der Waals surface area contributed by atoms with Gasteiger partial charge in [-0.15, -0.1) is 0 Å². The summed E-state index contributed by atoms with van der Waals surface area (Å²) in [6.07, 6.45) is 23.2. The van der Waals surface area contributed by atoms with Crippen LogP contribution in [0.3, 0.4) is 0 Å². The third kappa shape index (κ3) is 18.1. The van der Waals surface area contributed by atoms with Crippen LogP contribution in [0.2, 0.25) is 0 Å². The molecule has 0 aliphatic rings. The molecule has 0 unspecified atom stereocenters. The quantitative estimate of drug-likeness (QED) is 0.182. The molecule has 0 saturated heterocycles. The Balaban J connectivity index is 3.11. The summed E-state index contributed by atoms with van der Waals surface area (Å²) in [6.45, 7) is 7.30. The van der Waals surface area contributed by atoms with Crippen molar-refractivity contribution >= 4 is 0 Å². The number of quaternary nitrogens is 1. The molecule has 0 atom stereocenters. The Kier molecular flexibility index (Phi) is 16.8. The van der Waals surface area contributed by atoms with Crippen LogP contribution in [0.4, 0.5) is 0 Å². The van der Waals surface area contributed by atoms with Crippen molar-refractivity contribution in [2.45, 2.75) is 117 Å². The number of nitrogens with zero attached hydrogens (tertiary/aromatic N) is 1. The molecule has 0 aliphatic carbocycles. The zero-order valence-corrected chi connectivity index (χ0v) is 17.2. The first kappa shape index (κ1) is 23.0. The number of hydrogen-bond acceptors (Lipinski definition) is 0. The summed E-state index contributed by atoms with van der Waals surface area (Å²) in [5.41, 5.74) is 0. The SMILES string of the molecule is CCCCCCCCCCCCCCCCC[N+](C)(C)CCC. The molecular weight excluding hydrogens is 278 g/mol. The molecule has 0 aromatic rings. The Bertz CT molecular complexity index is 222. The zero-order valence-electron chi connectivity index (χ0n) is 17.2. The molecule has 0 rings (SSSR count). The Labute approximate surface area is 148 Å². The van der Waals surface area contributed by atoms with E-state index in [1.807, 2.05) is 0 Å². The largest absolute Gasteiger partial charge is 0.328 e. The lowest BCUT2D eigenvalue weighted by molar-refractivity contribution is -0.890. The van der Waals surface area contributed by atoms with Crippen LogP contribution in [-0.2, 0) is 0 Å². The van der Waals surface area contributed by atoms with E-state index in [9.17, 15) is 0 Å². The first-order valence-corrected chi connectivity index (χ1v) is 10.9. The molecule has 1 heteroatoms. The molecular formula is C22H48N+. The lowest BCUT2D eigenvalue weighted by atomic mass is 10.0. The van der Waals surface area contributed by atoms with Gasteiger partial charge in [-0.25, -0.2) is 0 Å². The van der Waals surface area contributed by atoms with E-state index in [4.69, 9.17) is 0 Å². The van der Waals surface area contributed by atoms with Crippen LogP contribution < -0.4 is 0 Å². The van der Waals surface area contributed by atoms with Gasteiger partial charge in [-0.2, -0.15) is 0 Å². The minimum atomic E-state index is 1.22. The van der Waals surface area contributed by atoms with E-state index in [-0.39, 0.29) is 0 Å². The topological polar surface area (TPSA) is 0 Å². The van der Waals surface area contributed by atoms with Crippen molar-refractivity contribution in [2.75, 3.05) is 27.2 Å². The van der Waals surface area contributed by atoms with E-state index >= 15 is 0 Å². The van der Waals surface area contributed by atoms with Gasteiger partial charge in [-0.3, -0.25) is 0 Å². The average Bonchev–Trinajstić information content (AvgIpc) is 2.51. The molecule has 0 fully saturated rings. The molecule has 0 spiro atoms. The van der Waals surface area contributed by atoms with E-state index in [1.165, 1.54) is 120 Å².